The molecule has 0 bridgehead atoms. The SMILES string of the molecule is CC1C(C)(C)C12CCN(C(=O)CCCN1C(=O)CC(C(C)(C)C)C1=O)C2. The van der Waals surface area contributed by atoms with Crippen LogP contribution >= 0.6 is 0 Å². The van der Waals surface area contributed by atoms with Crippen LogP contribution in [0.3, 0.4) is 0 Å². The highest BCUT2D eigenvalue weighted by atomic mass is 16.2. The fourth-order valence-corrected chi connectivity index (χ4v) is 5.30. The summed E-state index contributed by atoms with van der Waals surface area (Å²) in [5.74, 6) is 0.452. The Kier molecular flexibility index (Phi) is 4.52. The fourth-order valence-electron chi connectivity index (χ4n) is 5.30. The van der Waals surface area contributed by atoms with Gasteiger partial charge in [-0.1, -0.05) is 41.5 Å². The van der Waals surface area contributed by atoms with Gasteiger partial charge in [-0.3, -0.25) is 19.3 Å². The molecule has 26 heavy (non-hydrogen) atoms. The third-order valence-electron chi connectivity index (χ3n) is 7.83. The summed E-state index contributed by atoms with van der Waals surface area (Å²) in [6.07, 6.45) is 2.39. The van der Waals surface area contributed by atoms with Crippen LogP contribution in [-0.2, 0) is 14.4 Å². The molecule has 0 aromatic rings. The van der Waals surface area contributed by atoms with Crippen molar-refractivity contribution in [2.75, 3.05) is 19.6 Å². The van der Waals surface area contributed by atoms with Crippen molar-refractivity contribution in [3.8, 4) is 0 Å². The summed E-state index contributed by atoms with van der Waals surface area (Å²) < 4.78 is 0. The number of likely N-dealkylation sites (tertiary alicyclic amines) is 2. The molecule has 2 aliphatic heterocycles. The normalized spacial score (nSPS) is 33.5. The molecule has 3 rings (SSSR count). The first kappa shape index (κ1) is 19.4. The van der Waals surface area contributed by atoms with E-state index in [1.54, 1.807) is 0 Å². The maximum absolute atomic E-state index is 12.6. The molecule has 1 aliphatic carbocycles. The second kappa shape index (κ2) is 6.07. The first-order valence-corrected chi connectivity index (χ1v) is 10.0. The molecular weight excluding hydrogens is 328 g/mol. The van der Waals surface area contributed by atoms with Gasteiger partial charge in [-0.2, -0.15) is 0 Å². The summed E-state index contributed by atoms with van der Waals surface area (Å²) in [5.41, 5.74) is 0.441. The number of rotatable bonds is 4. The smallest absolute Gasteiger partial charge is 0.233 e. The van der Waals surface area contributed by atoms with Gasteiger partial charge in [-0.05, 0) is 35.0 Å². The van der Waals surface area contributed by atoms with E-state index in [1.807, 2.05) is 25.7 Å². The Morgan fingerprint density at radius 2 is 1.85 bits per heavy atom. The van der Waals surface area contributed by atoms with E-state index in [4.69, 9.17) is 0 Å². The van der Waals surface area contributed by atoms with Crippen molar-refractivity contribution in [3.63, 3.8) is 0 Å². The highest BCUT2D eigenvalue weighted by Gasteiger charge is 2.70. The molecule has 5 nitrogen and oxygen atoms in total. The second-order valence-electron chi connectivity index (χ2n) is 10.3. The molecule has 0 aromatic carbocycles. The van der Waals surface area contributed by atoms with E-state index in [9.17, 15) is 14.4 Å². The standard InChI is InChI=1S/C21H34N2O3/c1-14-20(5,6)21(14)9-11-22(13-21)16(24)8-7-10-23-17(25)12-15(18(23)26)19(2,3)4/h14-15H,7-13H2,1-6H3. The molecule has 0 N–H and O–H groups in total. The van der Waals surface area contributed by atoms with Gasteiger partial charge in [0.25, 0.3) is 0 Å². The topological polar surface area (TPSA) is 57.7 Å². The summed E-state index contributed by atoms with van der Waals surface area (Å²) in [6, 6.07) is 0. The number of amides is 3. The molecule has 2 heterocycles. The minimum atomic E-state index is -0.234. The molecule has 3 unspecified atom stereocenters. The molecular formula is C21H34N2O3. The number of hydrogen-bond acceptors (Lipinski definition) is 3. The zero-order valence-electron chi connectivity index (χ0n) is 17.2. The maximum Gasteiger partial charge on any atom is 0.233 e. The van der Waals surface area contributed by atoms with Crippen LogP contribution in [0.2, 0.25) is 0 Å². The van der Waals surface area contributed by atoms with E-state index in [1.165, 1.54) is 4.90 Å². The van der Waals surface area contributed by atoms with Gasteiger partial charge < -0.3 is 4.90 Å². The minimum Gasteiger partial charge on any atom is -0.342 e. The quantitative estimate of drug-likeness (QED) is 0.722. The van der Waals surface area contributed by atoms with Crippen LogP contribution in [0.4, 0.5) is 0 Å². The molecule has 3 atom stereocenters. The lowest BCUT2D eigenvalue weighted by atomic mass is 9.80. The molecule has 5 heteroatoms. The van der Waals surface area contributed by atoms with E-state index in [-0.39, 0.29) is 29.1 Å². The Labute approximate surface area is 157 Å². The molecule has 146 valence electrons. The van der Waals surface area contributed by atoms with Crippen molar-refractivity contribution in [1.82, 2.24) is 9.80 Å². The molecule has 3 amide bonds. The van der Waals surface area contributed by atoms with Crippen molar-refractivity contribution >= 4 is 17.7 Å². The summed E-state index contributed by atoms with van der Waals surface area (Å²) in [4.78, 5) is 40.6. The largest absolute Gasteiger partial charge is 0.342 e. The lowest BCUT2D eigenvalue weighted by Crippen LogP contribution is -2.35. The Morgan fingerprint density at radius 3 is 2.31 bits per heavy atom. The number of hydrogen-bond donors (Lipinski definition) is 0. The second-order valence-corrected chi connectivity index (χ2v) is 10.3. The van der Waals surface area contributed by atoms with E-state index < -0.39 is 0 Å². The molecule has 3 aliphatic rings. The Balaban J connectivity index is 1.48. The van der Waals surface area contributed by atoms with Crippen molar-refractivity contribution in [3.05, 3.63) is 0 Å². The molecule has 0 radical (unpaired) electrons. The Morgan fingerprint density at radius 1 is 1.23 bits per heavy atom. The minimum absolute atomic E-state index is 0.0661. The molecule has 1 saturated carbocycles. The predicted molar refractivity (Wildman–Crippen MR) is 100 cm³/mol. The van der Waals surface area contributed by atoms with Gasteiger partial charge in [0.2, 0.25) is 17.7 Å². The third kappa shape index (κ3) is 2.87. The molecule has 2 saturated heterocycles. The van der Waals surface area contributed by atoms with Gasteiger partial charge in [0.15, 0.2) is 0 Å². The van der Waals surface area contributed by atoms with Crippen LogP contribution < -0.4 is 0 Å². The summed E-state index contributed by atoms with van der Waals surface area (Å²) in [5, 5.41) is 0. The Bertz CT molecular complexity index is 634. The predicted octanol–water partition coefficient (Wildman–Crippen LogP) is 3.08. The van der Waals surface area contributed by atoms with Crippen molar-refractivity contribution < 1.29 is 14.4 Å². The average Bonchev–Trinajstić information content (AvgIpc) is 2.96. The summed E-state index contributed by atoms with van der Waals surface area (Å²) >= 11 is 0. The van der Waals surface area contributed by atoms with Crippen LogP contribution in [0.1, 0.15) is 67.2 Å². The molecule has 0 aromatic heterocycles. The van der Waals surface area contributed by atoms with Gasteiger partial charge in [0, 0.05) is 32.5 Å². The molecule has 3 fully saturated rings. The number of imide groups is 1. The lowest BCUT2D eigenvalue weighted by molar-refractivity contribution is -0.141. The number of nitrogens with zero attached hydrogens (tertiary/aromatic N) is 2. The average molecular weight is 363 g/mol. The van der Waals surface area contributed by atoms with E-state index >= 15 is 0 Å². The van der Waals surface area contributed by atoms with Crippen LogP contribution in [0.5, 0.6) is 0 Å². The van der Waals surface area contributed by atoms with Crippen LogP contribution in [0.15, 0.2) is 0 Å². The van der Waals surface area contributed by atoms with E-state index in [2.05, 4.69) is 20.8 Å². The maximum atomic E-state index is 12.6. The van der Waals surface area contributed by atoms with Gasteiger partial charge in [0.1, 0.15) is 0 Å². The highest BCUT2D eigenvalue weighted by Crippen LogP contribution is 2.72. The van der Waals surface area contributed by atoms with Gasteiger partial charge >= 0.3 is 0 Å². The summed E-state index contributed by atoms with van der Waals surface area (Å²) in [6.45, 7) is 15.0. The first-order chi connectivity index (χ1) is 11.9. The zero-order chi connectivity index (χ0) is 19.5. The van der Waals surface area contributed by atoms with Crippen LogP contribution in [0, 0.1) is 28.1 Å². The Hall–Kier alpha value is -1.39. The number of carbonyl (C=O) groups is 3. The van der Waals surface area contributed by atoms with Crippen molar-refractivity contribution in [2.24, 2.45) is 28.1 Å². The number of carbonyl (C=O) groups excluding carboxylic acids is 3. The van der Waals surface area contributed by atoms with Crippen LogP contribution in [-0.4, -0.2) is 47.2 Å². The van der Waals surface area contributed by atoms with Crippen molar-refractivity contribution in [2.45, 2.75) is 67.2 Å². The zero-order valence-corrected chi connectivity index (χ0v) is 17.2. The fraction of sp³-hybridized carbons (Fsp3) is 0.857. The monoisotopic (exact) mass is 362 g/mol. The molecule has 1 spiro atoms. The lowest BCUT2D eigenvalue weighted by Gasteiger charge is -2.25. The highest BCUT2D eigenvalue weighted by molar-refractivity contribution is 6.03. The van der Waals surface area contributed by atoms with Crippen LogP contribution in [0.25, 0.3) is 0 Å². The van der Waals surface area contributed by atoms with Gasteiger partial charge in [0.05, 0.1) is 5.92 Å². The van der Waals surface area contributed by atoms with E-state index in [0.29, 0.717) is 42.6 Å². The van der Waals surface area contributed by atoms with E-state index in [0.717, 1.165) is 19.5 Å². The van der Waals surface area contributed by atoms with Gasteiger partial charge in [-0.25, -0.2) is 0 Å². The van der Waals surface area contributed by atoms with Crippen molar-refractivity contribution in [1.29, 1.82) is 0 Å². The summed E-state index contributed by atoms with van der Waals surface area (Å²) in [7, 11) is 0. The third-order valence-corrected chi connectivity index (χ3v) is 7.83. The first-order valence-electron chi connectivity index (χ1n) is 10.0. The van der Waals surface area contributed by atoms with Gasteiger partial charge in [-0.15, -0.1) is 0 Å².